The zero-order chi connectivity index (χ0) is 7.40. The number of alkyl halides is 1. The molecule has 1 aliphatic carbocycles. The van der Waals surface area contributed by atoms with Gasteiger partial charge in [-0.2, -0.15) is 0 Å². The predicted octanol–water partition coefficient (Wildman–Crippen LogP) is 3.60. The van der Waals surface area contributed by atoms with Crippen LogP contribution >= 0.6 is 15.9 Å². The SMILES string of the molecule is C[C@H]1CCC[C@H](CCBr)C1. The minimum atomic E-state index is 0.998. The topological polar surface area (TPSA) is 0 Å². The summed E-state index contributed by atoms with van der Waals surface area (Å²) in [7, 11) is 0. The summed E-state index contributed by atoms with van der Waals surface area (Å²) >= 11 is 3.50. The van der Waals surface area contributed by atoms with Crippen LogP contribution in [0, 0.1) is 11.8 Å². The van der Waals surface area contributed by atoms with Crippen molar-refractivity contribution in [2.45, 2.75) is 39.0 Å². The summed E-state index contributed by atoms with van der Waals surface area (Å²) in [6.07, 6.45) is 7.30. The van der Waals surface area contributed by atoms with Gasteiger partial charge in [0.25, 0.3) is 0 Å². The first-order valence-electron chi connectivity index (χ1n) is 4.39. The van der Waals surface area contributed by atoms with Crippen molar-refractivity contribution in [3.63, 3.8) is 0 Å². The van der Waals surface area contributed by atoms with Gasteiger partial charge in [0.2, 0.25) is 0 Å². The highest BCUT2D eigenvalue weighted by Crippen LogP contribution is 2.30. The maximum absolute atomic E-state index is 3.50. The van der Waals surface area contributed by atoms with Gasteiger partial charge in [-0.15, -0.1) is 0 Å². The largest absolute Gasteiger partial charge is 0.0928 e. The van der Waals surface area contributed by atoms with Crippen LogP contribution in [0.5, 0.6) is 0 Å². The molecule has 0 heterocycles. The molecule has 10 heavy (non-hydrogen) atoms. The van der Waals surface area contributed by atoms with Crippen LogP contribution in [-0.2, 0) is 0 Å². The number of hydrogen-bond donors (Lipinski definition) is 0. The number of rotatable bonds is 2. The summed E-state index contributed by atoms with van der Waals surface area (Å²) in [6.45, 7) is 2.39. The molecular formula is C9H17Br. The van der Waals surface area contributed by atoms with Gasteiger partial charge in [0.15, 0.2) is 0 Å². The molecule has 1 rings (SSSR count). The third-order valence-corrected chi connectivity index (χ3v) is 3.02. The van der Waals surface area contributed by atoms with Gasteiger partial charge in [-0.25, -0.2) is 0 Å². The molecule has 0 bridgehead atoms. The lowest BCUT2D eigenvalue weighted by atomic mass is 9.81. The van der Waals surface area contributed by atoms with Crippen LogP contribution in [-0.4, -0.2) is 5.33 Å². The normalized spacial score (nSPS) is 34.2. The Morgan fingerprint density at radius 1 is 1.40 bits per heavy atom. The molecule has 1 saturated carbocycles. The van der Waals surface area contributed by atoms with Gasteiger partial charge >= 0.3 is 0 Å². The third kappa shape index (κ3) is 2.61. The summed E-state index contributed by atoms with van der Waals surface area (Å²) in [6, 6.07) is 0. The lowest BCUT2D eigenvalue weighted by Gasteiger charge is -2.25. The molecule has 0 radical (unpaired) electrons. The van der Waals surface area contributed by atoms with Crippen molar-refractivity contribution in [3.8, 4) is 0 Å². The van der Waals surface area contributed by atoms with E-state index in [-0.39, 0.29) is 0 Å². The second kappa shape index (κ2) is 4.38. The highest BCUT2D eigenvalue weighted by molar-refractivity contribution is 9.09. The molecule has 0 amide bonds. The van der Waals surface area contributed by atoms with E-state index in [0.717, 1.165) is 11.8 Å². The Morgan fingerprint density at radius 2 is 2.20 bits per heavy atom. The quantitative estimate of drug-likeness (QED) is 0.604. The Morgan fingerprint density at radius 3 is 2.80 bits per heavy atom. The van der Waals surface area contributed by atoms with Crippen LogP contribution in [0.15, 0.2) is 0 Å². The molecule has 0 spiro atoms. The standard InChI is InChI=1S/C9H17Br/c1-8-3-2-4-9(7-8)5-6-10/h8-9H,2-7H2,1H3/t8-,9+/m0/s1. The first-order chi connectivity index (χ1) is 4.83. The van der Waals surface area contributed by atoms with E-state index in [2.05, 4.69) is 22.9 Å². The fraction of sp³-hybridized carbons (Fsp3) is 1.00. The molecule has 0 saturated heterocycles. The molecule has 60 valence electrons. The van der Waals surface area contributed by atoms with Crippen molar-refractivity contribution in [2.75, 3.05) is 5.33 Å². The highest BCUT2D eigenvalue weighted by atomic mass is 79.9. The zero-order valence-corrected chi connectivity index (χ0v) is 8.36. The average Bonchev–Trinajstić information content (AvgIpc) is 1.88. The van der Waals surface area contributed by atoms with Crippen LogP contribution in [0.4, 0.5) is 0 Å². The first kappa shape index (κ1) is 8.58. The first-order valence-corrected chi connectivity index (χ1v) is 5.51. The molecule has 1 heteroatoms. The van der Waals surface area contributed by atoms with E-state index in [9.17, 15) is 0 Å². The third-order valence-electron chi connectivity index (χ3n) is 2.56. The van der Waals surface area contributed by atoms with Crippen molar-refractivity contribution in [3.05, 3.63) is 0 Å². The average molecular weight is 205 g/mol. The maximum Gasteiger partial charge on any atom is 0.00339 e. The Bertz CT molecular complexity index is 88.7. The van der Waals surface area contributed by atoms with E-state index in [1.165, 1.54) is 37.4 Å². The monoisotopic (exact) mass is 204 g/mol. The fourth-order valence-electron chi connectivity index (χ4n) is 1.98. The molecule has 0 aromatic rings. The van der Waals surface area contributed by atoms with Crippen LogP contribution in [0.2, 0.25) is 0 Å². The van der Waals surface area contributed by atoms with Crippen molar-refractivity contribution >= 4 is 15.9 Å². The summed E-state index contributed by atoms with van der Waals surface area (Å²) in [5.41, 5.74) is 0. The fourth-order valence-corrected chi connectivity index (χ4v) is 2.62. The van der Waals surface area contributed by atoms with Gasteiger partial charge < -0.3 is 0 Å². The van der Waals surface area contributed by atoms with Crippen molar-refractivity contribution in [1.82, 2.24) is 0 Å². The van der Waals surface area contributed by atoms with E-state index in [1.807, 2.05) is 0 Å². The molecule has 0 aromatic heterocycles. The Hall–Kier alpha value is 0.480. The molecular weight excluding hydrogens is 188 g/mol. The second-order valence-electron chi connectivity index (χ2n) is 3.62. The molecule has 0 nitrogen and oxygen atoms in total. The number of hydrogen-bond acceptors (Lipinski definition) is 0. The van der Waals surface area contributed by atoms with Gasteiger partial charge in [-0.1, -0.05) is 42.1 Å². The Kier molecular flexibility index (Phi) is 3.75. The van der Waals surface area contributed by atoms with Crippen LogP contribution in [0.25, 0.3) is 0 Å². The van der Waals surface area contributed by atoms with Gasteiger partial charge in [0.05, 0.1) is 0 Å². The Labute approximate surface area is 72.5 Å². The summed E-state index contributed by atoms with van der Waals surface area (Å²) < 4.78 is 0. The van der Waals surface area contributed by atoms with E-state index in [0.29, 0.717) is 0 Å². The lowest BCUT2D eigenvalue weighted by Crippen LogP contribution is -2.13. The van der Waals surface area contributed by atoms with Gasteiger partial charge in [-0.05, 0) is 24.7 Å². The van der Waals surface area contributed by atoms with E-state index in [1.54, 1.807) is 0 Å². The molecule has 1 aliphatic rings. The summed E-state index contributed by atoms with van der Waals surface area (Å²) in [4.78, 5) is 0. The van der Waals surface area contributed by atoms with Crippen molar-refractivity contribution < 1.29 is 0 Å². The lowest BCUT2D eigenvalue weighted by molar-refractivity contribution is 0.278. The van der Waals surface area contributed by atoms with E-state index in [4.69, 9.17) is 0 Å². The van der Waals surface area contributed by atoms with Crippen LogP contribution in [0.3, 0.4) is 0 Å². The molecule has 2 atom stereocenters. The smallest absolute Gasteiger partial charge is 0.00339 e. The van der Waals surface area contributed by atoms with Gasteiger partial charge in [0, 0.05) is 5.33 Å². The highest BCUT2D eigenvalue weighted by Gasteiger charge is 2.17. The summed E-state index contributed by atoms with van der Waals surface area (Å²) in [5, 5.41) is 1.20. The molecule has 1 fully saturated rings. The van der Waals surface area contributed by atoms with E-state index < -0.39 is 0 Å². The predicted molar refractivity (Wildman–Crippen MR) is 49.5 cm³/mol. The molecule has 0 unspecified atom stereocenters. The molecule has 0 N–H and O–H groups in total. The van der Waals surface area contributed by atoms with Crippen LogP contribution < -0.4 is 0 Å². The number of halogens is 1. The minimum absolute atomic E-state index is 0.998. The minimum Gasteiger partial charge on any atom is -0.0928 e. The molecule has 0 aromatic carbocycles. The van der Waals surface area contributed by atoms with Gasteiger partial charge in [-0.3, -0.25) is 0 Å². The van der Waals surface area contributed by atoms with Gasteiger partial charge in [0.1, 0.15) is 0 Å². The zero-order valence-electron chi connectivity index (χ0n) is 6.78. The molecule has 0 aliphatic heterocycles. The van der Waals surface area contributed by atoms with Crippen molar-refractivity contribution in [2.24, 2.45) is 11.8 Å². The summed E-state index contributed by atoms with van der Waals surface area (Å²) in [5.74, 6) is 2.03. The van der Waals surface area contributed by atoms with Crippen molar-refractivity contribution in [1.29, 1.82) is 0 Å². The second-order valence-corrected chi connectivity index (χ2v) is 4.41. The maximum atomic E-state index is 3.50. The van der Waals surface area contributed by atoms with E-state index >= 15 is 0 Å². The van der Waals surface area contributed by atoms with Crippen LogP contribution in [0.1, 0.15) is 39.0 Å². The Balaban J connectivity index is 2.18.